The standard InChI is InChI=1S/C19H20N6O3/c1-23-8-10-24(11-9-23)14-4-2-13(3-5-14)20-19(26)18-16-12-15(25(27)28)6-7-17(16)21-22-18/h2-7,12H,8-11H2,1H3,(H,20,26)(H,21,22). The highest BCUT2D eigenvalue weighted by molar-refractivity contribution is 6.11. The second-order valence-electron chi connectivity index (χ2n) is 6.85. The van der Waals surface area contributed by atoms with Gasteiger partial charge in [0.05, 0.1) is 10.4 Å². The Kier molecular flexibility index (Phi) is 4.66. The van der Waals surface area contributed by atoms with Crippen LogP contribution in [-0.2, 0) is 0 Å². The number of likely N-dealkylation sites (N-methyl/N-ethyl adjacent to an activating group) is 1. The van der Waals surface area contributed by atoms with Crippen LogP contribution in [-0.4, -0.2) is 59.2 Å². The van der Waals surface area contributed by atoms with Gasteiger partial charge in [-0.25, -0.2) is 0 Å². The first-order valence-corrected chi connectivity index (χ1v) is 8.99. The minimum absolute atomic E-state index is 0.0838. The van der Waals surface area contributed by atoms with E-state index in [1.807, 2.05) is 24.3 Å². The fourth-order valence-electron chi connectivity index (χ4n) is 3.30. The molecule has 1 amide bonds. The van der Waals surface area contributed by atoms with Crippen LogP contribution < -0.4 is 10.2 Å². The lowest BCUT2D eigenvalue weighted by atomic mass is 10.1. The predicted octanol–water partition coefficient (Wildman–Crippen LogP) is 2.48. The Labute approximate surface area is 161 Å². The van der Waals surface area contributed by atoms with E-state index in [1.165, 1.54) is 12.1 Å². The van der Waals surface area contributed by atoms with Crippen molar-refractivity contribution in [3.05, 3.63) is 58.3 Å². The molecule has 0 radical (unpaired) electrons. The summed E-state index contributed by atoms with van der Waals surface area (Å²) in [5.74, 6) is -0.418. The number of benzene rings is 2. The van der Waals surface area contributed by atoms with Gasteiger partial charge in [0.25, 0.3) is 11.6 Å². The molecule has 9 nitrogen and oxygen atoms in total. The van der Waals surface area contributed by atoms with Gasteiger partial charge in [0.2, 0.25) is 0 Å². The normalized spacial score (nSPS) is 15.0. The zero-order valence-electron chi connectivity index (χ0n) is 15.4. The molecule has 144 valence electrons. The SMILES string of the molecule is CN1CCN(c2ccc(NC(=O)c3n[nH]c4ccc([N+](=O)[O-])cc34)cc2)CC1. The average Bonchev–Trinajstić information content (AvgIpc) is 3.12. The molecule has 0 bridgehead atoms. The van der Waals surface area contributed by atoms with Gasteiger partial charge in [-0.15, -0.1) is 0 Å². The zero-order valence-corrected chi connectivity index (χ0v) is 15.4. The quantitative estimate of drug-likeness (QED) is 0.532. The van der Waals surface area contributed by atoms with Crippen LogP contribution in [0.2, 0.25) is 0 Å². The molecular weight excluding hydrogens is 360 g/mol. The third kappa shape index (κ3) is 3.52. The maximum absolute atomic E-state index is 12.6. The molecule has 2 aromatic carbocycles. The van der Waals surface area contributed by atoms with Gasteiger partial charge in [0.1, 0.15) is 0 Å². The molecule has 2 heterocycles. The predicted molar refractivity (Wildman–Crippen MR) is 107 cm³/mol. The van der Waals surface area contributed by atoms with Crippen LogP contribution in [0.3, 0.4) is 0 Å². The Balaban J connectivity index is 1.50. The summed E-state index contributed by atoms with van der Waals surface area (Å²) < 4.78 is 0. The Bertz CT molecular complexity index is 1020. The number of aromatic nitrogens is 2. The average molecular weight is 380 g/mol. The van der Waals surface area contributed by atoms with E-state index in [9.17, 15) is 14.9 Å². The number of hydrogen-bond acceptors (Lipinski definition) is 6. The van der Waals surface area contributed by atoms with Crippen LogP contribution in [0.4, 0.5) is 17.1 Å². The van der Waals surface area contributed by atoms with Crippen LogP contribution in [0.5, 0.6) is 0 Å². The summed E-state index contributed by atoms with van der Waals surface area (Å²) in [6.07, 6.45) is 0. The van der Waals surface area contributed by atoms with E-state index in [0.717, 1.165) is 31.9 Å². The number of nitro benzene ring substituents is 1. The van der Waals surface area contributed by atoms with Crippen LogP contribution in [0.25, 0.3) is 10.9 Å². The van der Waals surface area contributed by atoms with Crippen molar-refractivity contribution < 1.29 is 9.72 Å². The van der Waals surface area contributed by atoms with Crippen molar-refractivity contribution in [3.63, 3.8) is 0 Å². The summed E-state index contributed by atoms with van der Waals surface area (Å²) in [7, 11) is 2.11. The number of rotatable bonds is 4. The van der Waals surface area contributed by atoms with Gasteiger partial charge in [-0.1, -0.05) is 0 Å². The van der Waals surface area contributed by atoms with Crippen LogP contribution in [0.1, 0.15) is 10.5 Å². The molecule has 0 spiro atoms. The minimum Gasteiger partial charge on any atom is -0.369 e. The number of piperazine rings is 1. The van der Waals surface area contributed by atoms with Crippen molar-refractivity contribution >= 4 is 33.9 Å². The first-order valence-electron chi connectivity index (χ1n) is 8.99. The van der Waals surface area contributed by atoms with E-state index < -0.39 is 10.8 Å². The molecule has 1 aliphatic rings. The number of nitrogens with zero attached hydrogens (tertiary/aromatic N) is 4. The van der Waals surface area contributed by atoms with Gasteiger partial charge in [-0.05, 0) is 37.4 Å². The van der Waals surface area contributed by atoms with E-state index in [1.54, 1.807) is 6.07 Å². The molecule has 0 unspecified atom stereocenters. The molecule has 28 heavy (non-hydrogen) atoms. The summed E-state index contributed by atoms with van der Waals surface area (Å²) in [6.45, 7) is 3.99. The third-order valence-corrected chi connectivity index (χ3v) is 4.97. The number of nitrogens with one attached hydrogen (secondary N) is 2. The van der Waals surface area contributed by atoms with Crippen LogP contribution in [0, 0.1) is 10.1 Å². The summed E-state index contributed by atoms with van der Waals surface area (Å²) in [5, 5.41) is 21.0. The van der Waals surface area contributed by atoms with Gasteiger partial charge >= 0.3 is 0 Å². The zero-order chi connectivity index (χ0) is 19.7. The van der Waals surface area contributed by atoms with Crippen molar-refractivity contribution in [3.8, 4) is 0 Å². The van der Waals surface area contributed by atoms with Crippen molar-refractivity contribution in [2.24, 2.45) is 0 Å². The second kappa shape index (κ2) is 7.28. The molecule has 1 fully saturated rings. The van der Waals surface area contributed by atoms with Gasteiger partial charge in [-0.3, -0.25) is 20.0 Å². The van der Waals surface area contributed by atoms with Crippen molar-refractivity contribution in [2.75, 3.05) is 43.4 Å². The number of fused-ring (bicyclic) bond motifs is 1. The molecule has 9 heteroatoms. The number of H-pyrrole nitrogens is 1. The molecular formula is C19H20N6O3. The Hall–Kier alpha value is -3.46. The monoisotopic (exact) mass is 380 g/mol. The fraction of sp³-hybridized carbons (Fsp3) is 0.263. The molecule has 0 atom stereocenters. The molecule has 4 rings (SSSR count). The highest BCUT2D eigenvalue weighted by Gasteiger charge is 2.18. The van der Waals surface area contributed by atoms with Crippen molar-refractivity contribution in [1.82, 2.24) is 15.1 Å². The van der Waals surface area contributed by atoms with Crippen LogP contribution in [0.15, 0.2) is 42.5 Å². The Morgan fingerprint density at radius 1 is 1.14 bits per heavy atom. The lowest BCUT2D eigenvalue weighted by Gasteiger charge is -2.34. The van der Waals surface area contributed by atoms with Gasteiger partial charge in [0.15, 0.2) is 5.69 Å². The smallest absolute Gasteiger partial charge is 0.276 e. The number of carbonyl (C=O) groups is 1. The first-order chi connectivity index (χ1) is 13.5. The van der Waals surface area contributed by atoms with Gasteiger partial charge in [-0.2, -0.15) is 5.10 Å². The minimum atomic E-state index is -0.495. The maximum atomic E-state index is 12.6. The summed E-state index contributed by atoms with van der Waals surface area (Å²) in [5.41, 5.74) is 2.37. The molecule has 1 aromatic heterocycles. The number of aromatic amines is 1. The summed E-state index contributed by atoms with van der Waals surface area (Å²) >= 11 is 0. The number of nitro groups is 1. The highest BCUT2D eigenvalue weighted by atomic mass is 16.6. The number of hydrogen-bond donors (Lipinski definition) is 2. The molecule has 3 aromatic rings. The fourth-order valence-corrected chi connectivity index (χ4v) is 3.30. The second-order valence-corrected chi connectivity index (χ2v) is 6.85. The number of non-ortho nitro benzene ring substituents is 1. The number of carbonyl (C=O) groups excluding carboxylic acids is 1. The molecule has 1 aliphatic heterocycles. The van der Waals surface area contributed by atoms with Crippen LogP contribution >= 0.6 is 0 Å². The Morgan fingerprint density at radius 2 is 1.86 bits per heavy atom. The Morgan fingerprint density at radius 3 is 2.54 bits per heavy atom. The van der Waals surface area contributed by atoms with E-state index in [-0.39, 0.29) is 11.4 Å². The lowest BCUT2D eigenvalue weighted by Crippen LogP contribution is -2.44. The van der Waals surface area contributed by atoms with Crippen molar-refractivity contribution in [1.29, 1.82) is 0 Å². The van der Waals surface area contributed by atoms with Gasteiger partial charge < -0.3 is 15.1 Å². The highest BCUT2D eigenvalue weighted by Crippen LogP contribution is 2.24. The lowest BCUT2D eigenvalue weighted by molar-refractivity contribution is -0.384. The van der Waals surface area contributed by atoms with E-state index in [0.29, 0.717) is 16.6 Å². The summed E-state index contributed by atoms with van der Waals surface area (Å²) in [6, 6.07) is 11.9. The largest absolute Gasteiger partial charge is 0.369 e. The topological polar surface area (TPSA) is 107 Å². The number of anilines is 2. The van der Waals surface area contributed by atoms with E-state index in [4.69, 9.17) is 0 Å². The van der Waals surface area contributed by atoms with E-state index >= 15 is 0 Å². The number of amides is 1. The molecule has 1 saturated heterocycles. The molecule has 2 N–H and O–H groups in total. The van der Waals surface area contributed by atoms with Gasteiger partial charge in [0, 0.05) is 55.1 Å². The molecule has 0 aliphatic carbocycles. The first kappa shape index (κ1) is 17.9. The maximum Gasteiger partial charge on any atom is 0.276 e. The van der Waals surface area contributed by atoms with E-state index in [2.05, 4.69) is 32.4 Å². The third-order valence-electron chi connectivity index (χ3n) is 4.97. The summed E-state index contributed by atoms with van der Waals surface area (Å²) in [4.78, 5) is 27.7. The molecule has 0 saturated carbocycles. The van der Waals surface area contributed by atoms with Crippen molar-refractivity contribution in [2.45, 2.75) is 0 Å².